The van der Waals surface area contributed by atoms with Crippen LogP contribution in [0.1, 0.15) is 17.9 Å². The summed E-state index contributed by atoms with van der Waals surface area (Å²) in [6.45, 7) is 0.725. The molecular weight excluding hydrogens is 230 g/mol. The van der Waals surface area contributed by atoms with Gasteiger partial charge in [0.05, 0.1) is 12.5 Å². The molecule has 0 saturated carbocycles. The van der Waals surface area contributed by atoms with Gasteiger partial charge in [0.1, 0.15) is 0 Å². The highest BCUT2D eigenvalue weighted by Gasteiger charge is 2.28. The lowest BCUT2D eigenvalue weighted by Crippen LogP contribution is -2.39. The van der Waals surface area contributed by atoms with Gasteiger partial charge in [0.15, 0.2) is 0 Å². The lowest BCUT2D eigenvalue weighted by Gasteiger charge is -2.28. The Balaban J connectivity index is 2.20. The summed E-state index contributed by atoms with van der Waals surface area (Å²) in [5.74, 6) is -0.734. The first-order chi connectivity index (χ1) is 8.59. The fourth-order valence-electron chi connectivity index (χ4n) is 2.30. The van der Waals surface area contributed by atoms with Crippen molar-refractivity contribution in [1.82, 2.24) is 4.90 Å². The van der Waals surface area contributed by atoms with Gasteiger partial charge in [0.25, 0.3) is 0 Å². The second kappa shape index (κ2) is 5.08. The van der Waals surface area contributed by atoms with Gasteiger partial charge in [-0.05, 0) is 18.1 Å². The second-order valence-electron chi connectivity index (χ2n) is 4.52. The number of para-hydroxylation sites is 1. The topological polar surface area (TPSA) is 75.4 Å². The molecule has 0 saturated heterocycles. The number of likely N-dealkylation sites (N-methyl/N-ethyl adjacent to an activating group) is 1. The van der Waals surface area contributed by atoms with Crippen LogP contribution in [0, 0.1) is 0 Å². The average Bonchev–Trinajstić information content (AvgIpc) is 2.36. The molecule has 1 aliphatic rings. The van der Waals surface area contributed by atoms with E-state index in [9.17, 15) is 9.59 Å². The molecule has 5 heteroatoms. The Morgan fingerprint density at radius 3 is 2.89 bits per heavy atom. The Hall–Kier alpha value is -2.04. The van der Waals surface area contributed by atoms with Gasteiger partial charge in [-0.15, -0.1) is 0 Å². The van der Waals surface area contributed by atoms with E-state index in [1.54, 1.807) is 7.05 Å². The number of benzene rings is 1. The Kier molecular flexibility index (Phi) is 3.50. The highest BCUT2D eigenvalue weighted by Crippen LogP contribution is 2.32. The number of primary amides is 1. The third-order valence-electron chi connectivity index (χ3n) is 3.15. The lowest BCUT2D eigenvalue weighted by atomic mass is 9.90. The lowest BCUT2D eigenvalue weighted by molar-refractivity contribution is -0.135. The van der Waals surface area contributed by atoms with E-state index < -0.39 is 5.91 Å². The van der Waals surface area contributed by atoms with E-state index >= 15 is 0 Å². The predicted molar refractivity (Wildman–Crippen MR) is 69.1 cm³/mol. The minimum Gasteiger partial charge on any atom is -0.385 e. The van der Waals surface area contributed by atoms with Gasteiger partial charge in [0, 0.05) is 19.3 Å². The quantitative estimate of drug-likeness (QED) is 0.818. The van der Waals surface area contributed by atoms with Crippen LogP contribution in [0.4, 0.5) is 5.69 Å². The van der Waals surface area contributed by atoms with Crippen LogP contribution in [0.5, 0.6) is 0 Å². The summed E-state index contributed by atoms with van der Waals surface area (Å²) in [7, 11) is 1.61. The van der Waals surface area contributed by atoms with Gasteiger partial charge in [-0.1, -0.05) is 18.2 Å². The van der Waals surface area contributed by atoms with Gasteiger partial charge >= 0.3 is 0 Å². The van der Waals surface area contributed by atoms with Gasteiger partial charge in [-0.2, -0.15) is 0 Å². The molecule has 2 amide bonds. The molecule has 2 rings (SSSR count). The third-order valence-corrected chi connectivity index (χ3v) is 3.15. The zero-order chi connectivity index (χ0) is 13.1. The molecule has 1 heterocycles. The van der Waals surface area contributed by atoms with Crippen molar-refractivity contribution >= 4 is 17.5 Å². The number of nitrogens with zero attached hydrogens (tertiary/aromatic N) is 1. The molecule has 18 heavy (non-hydrogen) atoms. The maximum atomic E-state index is 12.3. The number of anilines is 1. The van der Waals surface area contributed by atoms with Crippen LogP contribution in [0.2, 0.25) is 0 Å². The molecule has 0 spiro atoms. The maximum absolute atomic E-state index is 12.3. The summed E-state index contributed by atoms with van der Waals surface area (Å²) in [6, 6.07) is 7.76. The van der Waals surface area contributed by atoms with Crippen LogP contribution >= 0.6 is 0 Å². The SMILES string of the molecule is CN(CC(N)=O)C(=O)C1CCNc2ccccc21. The van der Waals surface area contributed by atoms with E-state index in [1.807, 2.05) is 24.3 Å². The summed E-state index contributed by atoms with van der Waals surface area (Å²) in [6.07, 6.45) is 0.735. The number of rotatable bonds is 3. The molecule has 5 nitrogen and oxygen atoms in total. The number of carbonyl (C=O) groups is 2. The van der Waals surface area contributed by atoms with Gasteiger partial charge in [-0.3, -0.25) is 9.59 Å². The van der Waals surface area contributed by atoms with Crippen LogP contribution in [-0.2, 0) is 9.59 Å². The van der Waals surface area contributed by atoms with Gasteiger partial charge in [-0.25, -0.2) is 0 Å². The standard InChI is InChI=1S/C13H17N3O2/c1-16(8-12(14)17)13(18)10-6-7-15-11-5-3-2-4-9(10)11/h2-5,10,15H,6-8H2,1H3,(H2,14,17). The molecule has 1 aromatic rings. The zero-order valence-corrected chi connectivity index (χ0v) is 10.3. The summed E-state index contributed by atoms with van der Waals surface area (Å²) >= 11 is 0. The van der Waals surface area contributed by atoms with Gasteiger partial charge in [0.2, 0.25) is 11.8 Å². The molecular formula is C13H17N3O2. The normalized spacial score (nSPS) is 17.5. The van der Waals surface area contributed by atoms with Crippen LogP contribution < -0.4 is 11.1 Å². The van der Waals surface area contributed by atoms with Crippen molar-refractivity contribution in [3.8, 4) is 0 Å². The summed E-state index contributed by atoms with van der Waals surface area (Å²) in [4.78, 5) is 24.5. The first kappa shape index (κ1) is 12.4. The molecule has 3 N–H and O–H groups in total. The van der Waals surface area contributed by atoms with Crippen molar-refractivity contribution in [1.29, 1.82) is 0 Å². The number of nitrogens with two attached hydrogens (primary N) is 1. The number of hydrogen-bond acceptors (Lipinski definition) is 3. The van der Waals surface area contributed by atoms with E-state index in [0.29, 0.717) is 0 Å². The van der Waals surface area contributed by atoms with Crippen molar-refractivity contribution in [3.05, 3.63) is 29.8 Å². The fraction of sp³-hybridized carbons (Fsp3) is 0.385. The van der Waals surface area contributed by atoms with Crippen molar-refractivity contribution in [3.63, 3.8) is 0 Å². The molecule has 0 radical (unpaired) electrons. The van der Waals surface area contributed by atoms with Crippen LogP contribution in [0.15, 0.2) is 24.3 Å². The summed E-state index contributed by atoms with van der Waals surface area (Å²) in [5.41, 5.74) is 7.10. The number of carbonyl (C=O) groups excluding carboxylic acids is 2. The number of nitrogens with one attached hydrogen (secondary N) is 1. The Labute approximate surface area is 106 Å². The van der Waals surface area contributed by atoms with E-state index in [1.165, 1.54) is 4.90 Å². The van der Waals surface area contributed by atoms with Crippen molar-refractivity contribution < 1.29 is 9.59 Å². The second-order valence-corrected chi connectivity index (χ2v) is 4.52. The molecule has 96 valence electrons. The predicted octanol–water partition coefficient (Wildman–Crippen LogP) is 0.529. The molecule has 1 aromatic carbocycles. The monoisotopic (exact) mass is 247 g/mol. The van der Waals surface area contributed by atoms with Crippen molar-refractivity contribution in [2.24, 2.45) is 5.73 Å². The fourth-order valence-corrected chi connectivity index (χ4v) is 2.30. The summed E-state index contributed by atoms with van der Waals surface area (Å²) < 4.78 is 0. The molecule has 0 aromatic heterocycles. The van der Waals surface area contributed by atoms with Gasteiger partial charge < -0.3 is 16.0 Å². The average molecular weight is 247 g/mol. The maximum Gasteiger partial charge on any atom is 0.237 e. The van der Waals surface area contributed by atoms with Crippen LogP contribution in [0.3, 0.4) is 0 Å². The number of amides is 2. The molecule has 0 fully saturated rings. The van der Waals surface area contributed by atoms with Crippen LogP contribution in [0.25, 0.3) is 0 Å². The third kappa shape index (κ3) is 2.45. The van der Waals surface area contributed by atoms with Crippen LogP contribution in [-0.4, -0.2) is 36.9 Å². The molecule has 1 atom stereocenters. The number of hydrogen-bond donors (Lipinski definition) is 2. The van der Waals surface area contributed by atoms with E-state index in [-0.39, 0.29) is 18.4 Å². The Morgan fingerprint density at radius 2 is 2.17 bits per heavy atom. The summed E-state index contributed by atoms with van der Waals surface area (Å²) in [5, 5.41) is 3.26. The minimum atomic E-state index is -0.493. The van der Waals surface area contributed by atoms with E-state index in [2.05, 4.69) is 5.32 Å². The van der Waals surface area contributed by atoms with E-state index in [4.69, 9.17) is 5.73 Å². The van der Waals surface area contributed by atoms with E-state index in [0.717, 1.165) is 24.2 Å². The Bertz CT molecular complexity index is 473. The largest absolute Gasteiger partial charge is 0.385 e. The highest BCUT2D eigenvalue weighted by atomic mass is 16.2. The molecule has 0 bridgehead atoms. The van der Waals surface area contributed by atoms with Crippen molar-refractivity contribution in [2.75, 3.05) is 25.5 Å². The first-order valence-corrected chi connectivity index (χ1v) is 5.95. The Morgan fingerprint density at radius 1 is 1.44 bits per heavy atom. The molecule has 1 aliphatic heterocycles. The molecule has 1 unspecified atom stereocenters. The first-order valence-electron chi connectivity index (χ1n) is 5.95. The zero-order valence-electron chi connectivity index (χ0n) is 10.3. The smallest absolute Gasteiger partial charge is 0.237 e. The molecule has 0 aliphatic carbocycles. The number of fused-ring (bicyclic) bond motifs is 1. The highest BCUT2D eigenvalue weighted by molar-refractivity contribution is 5.89. The van der Waals surface area contributed by atoms with Crippen molar-refractivity contribution in [2.45, 2.75) is 12.3 Å². The minimum absolute atomic E-state index is 0.0368.